The molecule has 0 unspecified atom stereocenters. The second-order valence-electron chi connectivity index (χ2n) is 7.46. The zero-order valence-corrected chi connectivity index (χ0v) is 16.2. The number of ether oxygens (including phenoxy) is 2. The zero-order chi connectivity index (χ0) is 18.5. The number of likely N-dealkylation sites (N-methyl/N-ethyl adjacent to an activating group) is 1. The van der Waals surface area contributed by atoms with E-state index in [-0.39, 0.29) is 6.03 Å². The van der Waals surface area contributed by atoms with Crippen LogP contribution in [0.4, 0.5) is 4.79 Å². The first kappa shape index (κ1) is 18.8. The summed E-state index contributed by atoms with van der Waals surface area (Å²) in [6, 6.07) is 6.35. The van der Waals surface area contributed by atoms with Gasteiger partial charge in [-0.05, 0) is 43.9 Å². The number of nitrogens with zero attached hydrogens (tertiary/aromatic N) is 2. The summed E-state index contributed by atoms with van der Waals surface area (Å²) in [6.07, 6.45) is 4.44. The van der Waals surface area contributed by atoms with Gasteiger partial charge in [0.1, 0.15) is 11.5 Å². The molecule has 2 fully saturated rings. The molecule has 2 heterocycles. The Morgan fingerprint density at radius 2 is 2.04 bits per heavy atom. The maximum Gasteiger partial charge on any atom is 0.317 e. The van der Waals surface area contributed by atoms with Crippen molar-refractivity contribution in [3.63, 3.8) is 0 Å². The molecular weight excluding hydrogens is 330 g/mol. The summed E-state index contributed by atoms with van der Waals surface area (Å²) < 4.78 is 10.7. The van der Waals surface area contributed by atoms with Gasteiger partial charge in [-0.1, -0.05) is 12.5 Å². The summed E-state index contributed by atoms with van der Waals surface area (Å²) >= 11 is 0. The zero-order valence-electron chi connectivity index (χ0n) is 16.2. The molecule has 0 spiro atoms. The smallest absolute Gasteiger partial charge is 0.317 e. The molecule has 0 aromatic heterocycles. The van der Waals surface area contributed by atoms with Crippen molar-refractivity contribution in [1.29, 1.82) is 0 Å². The van der Waals surface area contributed by atoms with Crippen molar-refractivity contribution in [3.8, 4) is 11.5 Å². The Morgan fingerprint density at radius 1 is 1.19 bits per heavy atom. The van der Waals surface area contributed by atoms with Crippen molar-refractivity contribution >= 4 is 6.03 Å². The molecule has 0 aliphatic carbocycles. The molecule has 0 radical (unpaired) electrons. The van der Waals surface area contributed by atoms with Crippen LogP contribution in [0.5, 0.6) is 11.5 Å². The van der Waals surface area contributed by atoms with Crippen molar-refractivity contribution in [2.75, 3.05) is 47.4 Å². The Labute approximate surface area is 156 Å². The summed E-state index contributed by atoms with van der Waals surface area (Å²) in [5, 5.41) is 3.09. The molecule has 2 bridgehead atoms. The number of nitrogens with one attached hydrogen (secondary N) is 1. The number of hydrogen-bond donors (Lipinski definition) is 1. The molecule has 1 aromatic rings. The van der Waals surface area contributed by atoms with Gasteiger partial charge in [0.05, 0.1) is 14.2 Å². The first-order valence-electron chi connectivity index (χ1n) is 9.54. The van der Waals surface area contributed by atoms with Gasteiger partial charge in [0, 0.05) is 38.3 Å². The number of urea groups is 1. The summed E-state index contributed by atoms with van der Waals surface area (Å²) in [5.74, 6) is 2.17. The first-order chi connectivity index (χ1) is 12.6. The minimum Gasteiger partial charge on any atom is -0.497 e. The van der Waals surface area contributed by atoms with Gasteiger partial charge in [-0.3, -0.25) is 0 Å². The van der Waals surface area contributed by atoms with E-state index in [4.69, 9.17) is 9.47 Å². The Morgan fingerprint density at radius 3 is 2.81 bits per heavy atom. The molecular formula is C20H31N3O3. The predicted octanol–water partition coefficient (Wildman–Crippen LogP) is 2.37. The summed E-state index contributed by atoms with van der Waals surface area (Å²) in [5.41, 5.74) is 1.07. The average molecular weight is 361 g/mol. The van der Waals surface area contributed by atoms with E-state index >= 15 is 0 Å². The van der Waals surface area contributed by atoms with Gasteiger partial charge in [-0.25, -0.2) is 4.79 Å². The molecule has 0 saturated carbocycles. The maximum absolute atomic E-state index is 12.7. The van der Waals surface area contributed by atoms with E-state index in [1.807, 2.05) is 23.1 Å². The molecule has 1 aromatic carbocycles. The fourth-order valence-corrected chi connectivity index (χ4v) is 4.17. The second-order valence-corrected chi connectivity index (χ2v) is 7.46. The number of hydrogen-bond acceptors (Lipinski definition) is 4. The molecule has 6 heteroatoms. The van der Waals surface area contributed by atoms with E-state index in [1.165, 1.54) is 19.3 Å². The van der Waals surface area contributed by atoms with Crippen LogP contribution in [0.15, 0.2) is 18.2 Å². The predicted molar refractivity (Wildman–Crippen MR) is 102 cm³/mol. The lowest BCUT2D eigenvalue weighted by Crippen LogP contribution is -2.46. The molecule has 26 heavy (non-hydrogen) atoms. The number of fused-ring (bicyclic) bond motifs is 3. The molecule has 2 atom stereocenters. The van der Waals surface area contributed by atoms with E-state index in [0.29, 0.717) is 18.5 Å². The third-order valence-electron chi connectivity index (χ3n) is 5.68. The molecule has 3 rings (SSSR count). The molecule has 2 aliphatic rings. The van der Waals surface area contributed by atoms with E-state index in [9.17, 15) is 4.79 Å². The van der Waals surface area contributed by atoms with E-state index in [0.717, 1.165) is 43.1 Å². The highest BCUT2D eigenvalue weighted by Gasteiger charge is 2.32. The lowest BCUT2D eigenvalue weighted by Gasteiger charge is -2.30. The molecule has 2 amide bonds. The van der Waals surface area contributed by atoms with Crippen LogP contribution in [0, 0.1) is 5.92 Å². The molecule has 144 valence electrons. The van der Waals surface area contributed by atoms with Crippen LogP contribution in [0.1, 0.15) is 24.8 Å². The molecule has 1 N–H and O–H groups in total. The van der Waals surface area contributed by atoms with Crippen molar-refractivity contribution < 1.29 is 14.3 Å². The van der Waals surface area contributed by atoms with Gasteiger partial charge in [0.2, 0.25) is 0 Å². The molecule has 6 nitrogen and oxygen atoms in total. The number of likely N-dealkylation sites (tertiary alicyclic amines) is 1. The topological polar surface area (TPSA) is 54.0 Å². The van der Waals surface area contributed by atoms with Crippen LogP contribution in [0.25, 0.3) is 0 Å². The second kappa shape index (κ2) is 8.62. The van der Waals surface area contributed by atoms with Crippen molar-refractivity contribution in [2.24, 2.45) is 5.92 Å². The highest BCUT2D eigenvalue weighted by molar-refractivity contribution is 5.74. The van der Waals surface area contributed by atoms with Crippen molar-refractivity contribution in [1.82, 2.24) is 15.1 Å². The third kappa shape index (κ3) is 4.41. The number of methoxy groups -OCH3 is 2. The van der Waals surface area contributed by atoms with Gasteiger partial charge in [-0.15, -0.1) is 0 Å². The standard InChI is InChI=1S/C20H31N3O3/c1-22-12-15-5-4-6-17(22)14-23(13-15)20(24)21-10-9-16-7-8-18(25-2)11-19(16)26-3/h7-8,11,15,17H,4-6,9-10,12-14H2,1-3H3,(H,21,24)/t15-,17-/m0/s1. The summed E-state index contributed by atoms with van der Waals surface area (Å²) in [6.45, 7) is 3.42. The summed E-state index contributed by atoms with van der Waals surface area (Å²) in [7, 11) is 5.49. The minimum atomic E-state index is 0.0599. The van der Waals surface area contributed by atoms with Gasteiger partial charge in [0.15, 0.2) is 0 Å². The van der Waals surface area contributed by atoms with Crippen LogP contribution in [0.3, 0.4) is 0 Å². The van der Waals surface area contributed by atoms with E-state index in [2.05, 4.69) is 17.3 Å². The number of rotatable bonds is 5. The van der Waals surface area contributed by atoms with E-state index < -0.39 is 0 Å². The van der Waals surface area contributed by atoms with Gasteiger partial charge < -0.3 is 24.6 Å². The van der Waals surface area contributed by atoms with Gasteiger partial charge >= 0.3 is 6.03 Å². The Bertz CT molecular complexity index is 622. The van der Waals surface area contributed by atoms with Crippen LogP contribution >= 0.6 is 0 Å². The van der Waals surface area contributed by atoms with Crippen LogP contribution in [0.2, 0.25) is 0 Å². The Hall–Kier alpha value is -1.95. The first-order valence-corrected chi connectivity index (χ1v) is 9.54. The van der Waals surface area contributed by atoms with Crippen molar-refractivity contribution in [2.45, 2.75) is 31.7 Å². The lowest BCUT2D eigenvalue weighted by molar-refractivity contribution is 0.176. The van der Waals surface area contributed by atoms with Crippen molar-refractivity contribution in [3.05, 3.63) is 23.8 Å². The highest BCUT2D eigenvalue weighted by atomic mass is 16.5. The minimum absolute atomic E-state index is 0.0599. The monoisotopic (exact) mass is 361 g/mol. The quantitative estimate of drug-likeness (QED) is 0.875. The number of carbonyl (C=O) groups is 1. The fraction of sp³-hybridized carbons (Fsp3) is 0.650. The molecule has 2 saturated heterocycles. The van der Waals surface area contributed by atoms with Crippen LogP contribution in [-0.4, -0.2) is 69.3 Å². The Balaban J connectivity index is 1.54. The highest BCUT2D eigenvalue weighted by Crippen LogP contribution is 2.26. The average Bonchev–Trinajstić information content (AvgIpc) is 2.90. The largest absolute Gasteiger partial charge is 0.497 e. The van der Waals surface area contributed by atoms with Gasteiger partial charge in [-0.2, -0.15) is 0 Å². The number of carbonyl (C=O) groups excluding carboxylic acids is 1. The van der Waals surface area contributed by atoms with Crippen LogP contribution in [-0.2, 0) is 6.42 Å². The molecule has 2 aliphatic heterocycles. The number of benzene rings is 1. The maximum atomic E-state index is 12.7. The fourth-order valence-electron chi connectivity index (χ4n) is 4.17. The third-order valence-corrected chi connectivity index (χ3v) is 5.68. The summed E-state index contributed by atoms with van der Waals surface area (Å²) in [4.78, 5) is 17.1. The normalized spacial score (nSPS) is 23.3. The van der Waals surface area contributed by atoms with E-state index in [1.54, 1.807) is 14.2 Å². The number of amides is 2. The van der Waals surface area contributed by atoms with Gasteiger partial charge in [0.25, 0.3) is 0 Å². The SMILES string of the molecule is COc1ccc(CCNC(=O)N2C[C@H]3CCC[C@@H](C2)N(C)C3)c(OC)c1. The Kier molecular flexibility index (Phi) is 6.25. The lowest BCUT2D eigenvalue weighted by atomic mass is 10.00. The van der Waals surface area contributed by atoms with Crippen LogP contribution < -0.4 is 14.8 Å².